The highest BCUT2D eigenvalue weighted by atomic mass is 16.6. The molecular weight excluding hydrogens is 240 g/mol. The van der Waals surface area contributed by atoms with E-state index in [0.29, 0.717) is 5.92 Å². The van der Waals surface area contributed by atoms with Crippen LogP contribution in [0.15, 0.2) is 29.8 Å². The normalized spacial score (nSPS) is 11.9. The predicted molar refractivity (Wildman–Crippen MR) is 79.1 cm³/mol. The van der Waals surface area contributed by atoms with E-state index >= 15 is 0 Å². The maximum Gasteiger partial charge on any atom is 0.269 e. The molecule has 0 amide bonds. The third-order valence-electron chi connectivity index (χ3n) is 2.83. The van der Waals surface area contributed by atoms with Gasteiger partial charge in [0.1, 0.15) is 0 Å². The van der Waals surface area contributed by atoms with E-state index < -0.39 is 0 Å². The van der Waals surface area contributed by atoms with Crippen LogP contribution < -0.4 is 5.32 Å². The summed E-state index contributed by atoms with van der Waals surface area (Å²) < 4.78 is 0. The van der Waals surface area contributed by atoms with Crippen LogP contribution in [0.25, 0.3) is 6.08 Å². The van der Waals surface area contributed by atoms with Gasteiger partial charge in [-0.3, -0.25) is 10.1 Å². The SMILES string of the molecule is CCC(=Cc1ccc([N+](=O)[O-])cc1)CNCC(C)C. The van der Waals surface area contributed by atoms with Crippen molar-refractivity contribution in [2.45, 2.75) is 27.2 Å². The number of nitrogens with one attached hydrogen (secondary N) is 1. The second-order valence-electron chi connectivity index (χ2n) is 5.03. The lowest BCUT2D eigenvalue weighted by molar-refractivity contribution is -0.384. The molecule has 0 saturated carbocycles. The molecule has 4 nitrogen and oxygen atoms in total. The van der Waals surface area contributed by atoms with Crippen molar-refractivity contribution in [2.24, 2.45) is 5.92 Å². The van der Waals surface area contributed by atoms with E-state index in [1.54, 1.807) is 24.3 Å². The van der Waals surface area contributed by atoms with Gasteiger partial charge in [-0.15, -0.1) is 0 Å². The monoisotopic (exact) mass is 262 g/mol. The molecule has 0 heterocycles. The van der Waals surface area contributed by atoms with Crippen molar-refractivity contribution >= 4 is 11.8 Å². The fraction of sp³-hybridized carbons (Fsp3) is 0.467. The second-order valence-corrected chi connectivity index (χ2v) is 5.03. The number of hydrogen-bond acceptors (Lipinski definition) is 3. The van der Waals surface area contributed by atoms with Crippen LogP contribution in [0.5, 0.6) is 0 Å². The standard InChI is InChI=1S/C15H22N2O2/c1-4-13(11-16-10-12(2)3)9-14-5-7-15(8-6-14)17(18)19/h5-9,12,16H,4,10-11H2,1-3H3. The molecule has 0 aromatic heterocycles. The molecule has 1 aromatic carbocycles. The van der Waals surface area contributed by atoms with Crippen molar-refractivity contribution in [1.29, 1.82) is 0 Å². The van der Waals surface area contributed by atoms with E-state index in [0.717, 1.165) is 25.1 Å². The minimum Gasteiger partial charge on any atom is -0.313 e. The fourth-order valence-electron chi connectivity index (χ4n) is 1.73. The van der Waals surface area contributed by atoms with Crippen LogP contribution in [-0.2, 0) is 0 Å². The summed E-state index contributed by atoms with van der Waals surface area (Å²) in [5.41, 5.74) is 2.44. The van der Waals surface area contributed by atoms with Gasteiger partial charge in [0.2, 0.25) is 0 Å². The Morgan fingerprint density at radius 3 is 2.47 bits per heavy atom. The highest BCUT2D eigenvalue weighted by Gasteiger charge is 2.03. The Hall–Kier alpha value is -1.68. The molecule has 0 fully saturated rings. The summed E-state index contributed by atoms with van der Waals surface area (Å²) in [5.74, 6) is 0.637. The molecule has 0 unspecified atom stereocenters. The summed E-state index contributed by atoms with van der Waals surface area (Å²) in [7, 11) is 0. The van der Waals surface area contributed by atoms with Crippen LogP contribution in [-0.4, -0.2) is 18.0 Å². The fourth-order valence-corrected chi connectivity index (χ4v) is 1.73. The van der Waals surface area contributed by atoms with Crippen molar-refractivity contribution in [3.8, 4) is 0 Å². The number of non-ortho nitro benzene ring substituents is 1. The molecule has 1 aromatic rings. The van der Waals surface area contributed by atoms with E-state index in [4.69, 9.17) is 0 Å². The highest BCUT2D eigenvalue weighted by Crippen LogP contribution is 2.15. The Morgan fingerprint density at radius 1 is 1.37 bits per heavy atom. The molecular formula is C15H22N2O2. The van der Waals surface area contributed by atoms with E-state index in [1.807, 2.05) is 0 Å². The molecule has 0 saturated heterocycles. The van der Waals surface area contributed by atoms with Gasteiger partial charge < -0.3 is 5.32 Å². The average molecular weight is 262 g/mol. The lowest BCUT2D eigenvalue weighted by Gasteiger charge is -2.09. The summed E-state index contributed by atoms with van der Waals surface area (Å²) in [4.78, 5) is 10.2. The van der Waals surface area contributed by atoms with Gasteiger partial charge in [0.25, 0.3) is 5.69 Å². The molecule has 0 spiro atoms. The quantitative estimate of drug-likeness (QED) is 0.603. The topological polar surface area (TPSA) is 55.2 Å². The van der Waals surface area contributed by atoms with Gasteiger partial charge in [-0.25, -0.2) is 0 Å². The molecule has 0 aliphatic rings. The molecule has 104 valence electrons. The number of nitro groups is 1. The molecule has 1 N–H and O–H groups in total. The number of benzene rings is 1. The van der Waals surface area contributed by atoms with Crippen molar-refractivity contribution < 1.29 is 4.92 Å². The van der Waals surface area contributed by atoms with Gasteiger partial charge in [-0.1, -0.05) is 32.4 Å². The van der Waals surface area contributed by atoms with E-state index in [1.165, 1.54) is 5.57 Å². The van der Waals surface area contributed by atoms with E-state index in [2.05, 4.69) is 32.2 Å². The first-order valence-electron chi connectivity index (χ1n) is 6.67. The Morgan fingerprint density at radius 2 is 2.00 bits per heavy atom. The Labute approximate surface area is 114 Å². The van der Waals surface area contributed by atoms with Gasteiger partial charge in [0, 0.05) is 18.7 Å². The third kappa shape index (κ3) is 5.66. The van der Waals surface area contributed by atoms with Crippen molar-refractivity contribution in [2.75, 3.05) is 13.1 Å². The van der Waals surface area contributed by atoms with Gasteiger partial charge in [-0.2, -0.15) is 0 Å². The number of nitrogens with zero attached hydrogens (tertiary/aromatic N) is 1. The lowest BCUT2D eigenvalue weighted by atomic mass is 10.1. The molecule has 19 heavy (non-hydrogen) atoms. The summed E-state index contributed by atoms with van der Waals surface area (Å²) >= 11 is 0. The van der Waals surface area contributed by atoms with Crippen LogP contribution in [0.1, 0.15) is 32.8 Å². The second kappa shape index (κ2) is 7.69. The number of nitro benzene ring substituents is 1. The summed E-state index contributed by atoms with van der Waals surface area (Å²) in [6.07, 6.45) is 3.07. The maximum absolute atomic E-state index is 10.6. The van der Waals surface area contributed by atoms with Crippen molar-refractivity contribution in [1.82, 2.24) is 5.32 Å². The zero-order valence-electron chi connectivity index (χ0n) is 11.8. The van der Waals surface area contributed by atoms with Crippen LogP contribution in [0.3, 0.4) is 0 Å². The van der Waals surface area contributed by atoms with Gasteiger partial charge in [0.15, 0.2) is 0 Å². The lowest BCUT2D eigenvalue weighted by Crippen LogP contribution is -2.21. The van der Waals surface area contributed by atoms with Crippen LogP contribution in [0.4, 0.5) is 5.69 Å². The minimum atomic E-state index is -0.377. The first-order valence-corrected chi connectivity index (χ1v) is 6.67. The first-order chi connectivity index (χ1) is 9.02. The molecule has 0 radical (unpaired) electrons. The Bertz CT molecular complexity index is 436. The minimum absolute atomic E-state index is 0.133. The summed E-state index contributed by atoms with van der Waals surface area (Å²) in [5, 5.41) is 14.0. The zero-order chi connectivity index (χ0) is 14.3. The van der Waals surface area contributed by atoms with Crippen molar-refractivity contribution in [3.63, 3.8) is 0 Å². The number of rotatable bonds is 7. The maximum atomic E-state index is 10.6. The van der Waals surface area contributed by atoms with Gasteiger partial charge in [0.05, 0.1) is 4.92 Å². The van der Waals surface area contributed by atoms with Crippen molar-refractivity contribution in [3.05, 3.63) is 45.5 Å². The van der Waals surface area contributed by atoms with Crippen LogP contribution in [0.2, 0.25) is 0 Å². The molecule has 0 aliphatic carbocycles. The molecule has 0 aliphatic heterocycles. The third-order valence-corrected chi connectivity index (χ3v) is 2.83. The zero-order valence-corrected chi connectivity index (χ0v) is 11.8. The Balaban J connectivity index is 2.66. The highest BCUT2D eigenvalue weighted by molar-refractivity contribution is 5.55. The summed E-state index contributed by atoms with van der Waals surface area (Å²) in [6.45, 7) is 8.34. The number of hydrogen-bond donors (Lipinski definition) is 1. The van der Waals surface area contributed by atoms with Gasteiger partial charge >= 0.3 is 0 Å². The summed E-state index contributed by atoms with van der Waals surface area (Å²) in [6, 6.07) is 6.66. The average Bonchev–Trinajstić information content (AvgIpc) is 2.37. The first kappa shape index (κ1) is 15.4. The van der Waals surface area contributed by atoms with Gasteiger partial charge in [-0.05, 0) is 36.6 Å². The van der Waals surface area contributed by atoms with E-state index in [9.17, 15) is 10.1 Å². The molecule has 1 rings (SSSR count). The van der Waals surface area contributed by atoms with Crippen LogP contribution >= 0.6 is 0 Å². The predicted octanol–water partition coefficient (Wildman–Crippen LogP) is 3.63. The largest absolute Gasteiger partial charge is 0.313 e. The Kier molecular flexibility index (Phi) is 6.22. The molecule has 0 atom stereocenters. The molecule has 0 bridgehead atoms. The van der Waals surface area contributed by atoms with E-state index in [-0.39, 0.29) is 10.6 Å². The molecule has 4 heteroatoms. The smallest absolute Gasteiger partial charge is 0.269 e. The van der Waals surface area contributed by atoms with Crippen LogP contribution in [0, 0.1) is 16.0 Å².